The molecule has 0 saturated heterocycles. The summed E-state index contributed by atoms with van der Waals surface area (Å²) in [6.45, 7) is 0. The molecule has 0 aromatic heterocycles. The summed E-state index contributed by atoms with van der Waals surface area (Å²) in [6.07, 6.45) is 0. The van der Waals surface area contributed by atoms with Crippen LogP contribution in [0.25, 0.3) is 0 Å². The van der Waals surface area contributed by atoms with Crippen molar-refractivity contribution < 1.29 is 17.1 Å². The second-order valence-corrected chi connectivity index (χ2v) is 0. The van der Waals surface area contributed by atoms with Crippen molar-refractivity contribution in [2.75, 3.05) is 0 Å². The molecular weight excluding hydrogens is 134 g/mol. The Bertz CT molecular complexity index is 3.90. The number of hydrogen-bond donors (Lipinski definition) is 5. The monoisotopic (exact) mass is 148 g/mol. The average Bonchev–Trinajstić information content (AvgIpc) is 0. The van der Waals surface area contributed by atoms with Crippen LogP contribution < -0.4 is 30.8 Å². The third kappa shape index (κ3) is 466. The maximum absolute atomic E-state index is 0. The van der Waals surface area contributed by atoms with Crippen LogP contribution in [0.15, 0.2) is 0 Å². The van der Waals surface area contributed by atoms with Gasteiger partial charge in [0.2, 0.25) is 0 Å². The van der Waals surface area contributed by atoms with Crippen LogP contribution in [0.4, 0.5) is 0 Å². The van der Waals surface area contributed by atoms with Crippen LogP contribution in [-0.2, 0) is 17.1 Å². The molecule has 15 N–H and O–H groups in total. The fourth-order valence-electron chi connectivity index (χ4n) is 0. The first kappa shape index (κ1) is 1750. The maximum Gasteiger partial charge on any atom is 2.00 e. The van der Waals surface area contributed by atoms with E-state index in [-0.39, 0.29) is 47.8 Å². The molecule has 0 amide bonds. The fraction of sp³-hybridized carbons (Fsp3) is 0. The van der Waals surface area contributed by atoms with Gasteiger partial charge in [-0.1, -0.05) is 0 Å². The molecule has 0 unspecified atom stereocenters. The number of rotatable bonds is 0. The zero-order valence-electron chi connectivity index (χ0n) is 3.84. The standard InChI is InChI=1S/Cu.5H3N/h;5*1H3/q+2;;;;;. The summed E-state index contributed by atoms with van der Waals surface area (Å²) >= 11 is 0. The molecule has 49 valence electrons. The van der Waals surface area contributed by atoms with Gasteiger partial charge in [-0.2, -0.15) is 0 Å². The summed E-state index contributed by atoms with van der Waals surface area (Å²) in [5, 5.41) is 0. The molecule has 0 rings (SSSR count). The smallest absolute Gasteiger partial charge is 0.344 e. The molecule has 0 aliphatic heterocycles. The Morgan fingerprint density at radius 1 is 0.333 bits per heavy atom. The van der Waals surface area contributed by atoms with E-state index in [1.807, 2.05) is 0 Å². The predicted octanol–water partition coefficient (Wildman–Crippen LogP) is 0.807. The molecule has 6 heavy (non-hydrogen) atoms. The van der Waals surface area contributed by atoms with E-state index in [4.69, 9.17) is 0 Å². The largest absolute Gasteiger partial charge is 2.00 e. The van der Waals surface area contributed by atoms with Crippen molar-refractivity contribution in [2.45, 2.75) is 0 Å². The second-order valence-electron chi connectivity index (χ2n) is 0. The molecule has 5 nitrogen and oxygen atoms in total. The summed E-state index contributed by atoms with van der Waals surface area (Å²) < 4.78 is 0. The minimum absolute atomic E-state index is 0. The van der Waals surface area contributed by atoms with Crippen LogP contribution in [0.3, 0.4) is 0 Å². The van der Waals surface area contributed by atoms with Gasteiger partial charge < -0.3 is 30.8 Å². The molecule has 0 aliphatic carbocycles. The normalized spacial score (nSPS) is 0. The molecular formula is H15CuN5+2. The van der Waals surface area contributed by atoms with Crippen LogP contribution in [-0.4, -0.2) is 0 Å². The van der Waals surface area contributed by atoms with Crippen molar-refractivity contribution in [2.24, 2.45) is 0 Å². The molecule has 6 heteroatoms. The molecule has 0 spiro atoms. The fourth-order valence-corrected chi connectivity index (χ4v) is 0. The van der Waals surface area contributed by atoms with Crippen molar-refractivity contribution in [1.29, 1.82) is 0 Å². The average molecular weight is 149 g/mol. The van der Waals surface area contributed by atoms with E-state index in [1.165, 1.54) is 0 Å². The SMILES string of the molecule is N.N.N.N.N.[Cu+2]. The molecule has 0 atom stereocenters. The van der Waals surface area contributed by atoms with Gasteiger partial charge in [0.05, 0.1) is 0 Å². The molecule has 0 saturated carbocycles. The first-order chi connectivity index (χ1) is 0. The van der Waals surface area contributed by atoms with E-state index in [9.17, 15) is 0 Å². The van der Waals surface area contributed by atoms with E-state index in [0.717, 1.165) is 0 Å². The molecule has 0 aliphatic rings. The van der Waals surface area contributed by atoms with E-state index in [2.05, 4.69) is 0 Å². The van der Waals surface area contributed by atoms with Crippen LogP contribution in [0, 0.1) is 0 Å². The van der Waals surface area contributed by atoms with Gasteiger partial charge in [-0.05, 0) is 0 Å². The minimum atomic E-state index is 0. The summed E-state index contributed by atoms with van der Waals surface area (Å²) in [5.74, 6) is 0. The zero-order valence-corrected chi connectivity index (χ0v) is 4.78. The Morgan fingerprint density at radius 2 is 0.333 bits per heavy atom. The summed E-state index contributed by atoms with van der Waals surface area (Å²) in [4.78, 5) is 0. The third-order valence-electron chi connectivity index (χ3n) is 0. The van der Waals surface area contributed by atoms with E-state index in [1.54, 1.807) is 0 Å². The summed E-state index contributed by atoms with van der Waals surface area (Å²) in [6, 6.07) is 0. The van der Waals surface area contributed by atoms with Gasteiger partial charge in [0.1, 0.15) is 0 Å². The summed E-state index contributed by atoms with van der Waals surface area (Å²) in [7, 11) is 0. The molecule has 1 radical (unpaired) electrons. The Kier molecular flexibility index (Phi) is 284000. The first-order valence-electron chi connectivity index (χ1n) is 0. The van der Waals surface area contributed by atoms with E-state index < -0.39 is 0 Å². The third-order valence-corrected chi connectivity index (χ3v) is 0. The Balaban J connectivity index is 0. The molecule has 0 bridgehead atoms. The van der Waals surface area contributed by atoms with Crippen molar-refractivity contribution in [3.05, 3.63) is 0 Å². The van der Waals surface area contributed by atoms with Gasteiger partial charge in [-0.15, -0.1) is 0 Å². The summed E-state index contributed by atoms with van der Waals surface area (Å²) in [5.41, 5.74) is 0. The molecule has 0 aromatic rings. The zero-order chi connectivity index (χ0) is 0. The van der Waals surface area contributed by atoms with Gasteiger partial charge in [-0.3, -0.25) is 0 Å². The van der Waals surface area contributed by atoms with Crippen molar-refractivity contribution in [3.63, 3.8) is 0 Å². The minimum Gasteiger partial charge on any atom is -0.344 e. The number of hydrogen-bond acceptors (Lipinski definition) is 5. The Morgan fingerprint density at radius 3 is 0.333 bits per heavy atom. The Labute approximate surface area is 48.6 Å². The van der Waals surface area contributed by atoms with Gasteiger partial charge in [0.25, 0.3) is 0 Å². The van der Waals surface area contributed by atoms with Crippen molar-refractivity contribution in [3.8, 4) is 0 Å². The van der Waals surface area contributed by atoms with E-state index >= 15 is 0 Å². The quantitative estimate of drug-likeness (QED) is 0.319. The van der Waals surface area contributed by atoms with Gasteiger partial charge in [0, 0.05) is 0 Å². The molecule has 0 heterocycles. The van der Waals surface area contributed by atoms with Crippen LogP contribution >= 0.6 is 0 Å². The molecule has 0 fully saturated rings. The van der Waals surface area contributed by atoms with Gasteiger partial charge in [0.15, 0.2) is 0 Å². The van der Waals surface area contributed by atoms with Crippen molar-refractivity contribution >= 4 is 0 Å². The Hall–Kier alpha value is 0.319. The second kappa shape index (κ2) is 972. The first-order valence-corrected chi connectivity index (χ1v) is 0. The topological polar surface area (TPSA) is 175 Å². The van der Waals surface area contributed by atoms with E-state index in [0.29, 0.717) is 0 Å². The van der Waals surface area contributed by atoms with Crippen LogP contribution in [0.5, 0.6) is 0 Å². The van der Waals surface area contributed by atoms with Crippen LogP contribution in [0.1, 0.15) is 0 Å². The molecule has 0 aromatic carbocycles. The van der Waals surface area contributed by atoms with Gasteiger partial charge in [-0.25, -0.2) is 0 Å². The van der Waals surface area contributed by atoms with Crippen LogP contribution in [0.2, 0.25) is 0 Å². The predicted molar refractivity (Wildman–Crippen MR) is 25.1 cm³/mol. The maximum atomic E-state index is 0. The van der Waals surface area contributed by atoms with Gasteiger partial charge >= 0.3 is 17.1 Å². The van der Waals surface area contributed by atoms with Crippen molar-refractivity contribution in [1.82, 2.24) is 30.8 Å².